The third kappa shape index (κ3) is 5.83. The van der Waals surface area contributed by atoms with E-state index in [-0.39, 0.29) is 28.4 Å². The van der Waals surface area contributed by atoms with Gasteiger partial charge in [0.2, 0.25) is 10.0 Å². The number of esters is 1. The van der Waals surface area contributed by atoms with Gasteiger partial charge in [-0.3, -0.25) is 10.1 Å². The maximum atomic E-state index is 14.1. The molecule has 0 amide bonds. The monoisotopic (exact) mass is 555 g/mol. The fourth-order valence-electron chi connectivity index (χ4n) is 4.72. The number of benzene rings is 2. The third-order valence-corrected chi connectivity index (χ3v) is 8.68. The molecular weight excluding hydrogens is 523 g/mol. The molecule has 4 rings (SSSR count). The number of methoxy groups -OCH3 is 1. The number of furan rings is 1. The molecule has 1 unspecified atom stereocenters. The van der Waals surface area contributed by atoms with Crippen molar-refractivity contribution < 1.29 is 35.5 Å². The zero-order valence-electron chi connectivity index (χ0n) is 21.7. The van der Waals surface area contributed by atoms with Gasteiger partial charge in [-0.15, -0.1) is 0 Å². The van der Waals surface area contributed by atoms with Crippen LogP contribution in [0.2, 0.25) is 0 Å². The molecule has 0 saturated carbocycles. The molecule has 1 aromatic heterocycles. The van der Waals surface area contributed by atoms with Gasteiger partial charge in [-0.1, -0.05) is 26.0 Å². The molecule has 0 spiro atoms. The summed E-state index contributed by atoms with van der Waals surface area (Å²) in [7, 11) is -0.668. The minimum absolute atomic E-state index is 0.0466. The number of hydrogen-bond donors (Lipinski definition) is 1. The highest BCUT2D eigenvalue weighted by Gasteiger charge is 2.43. The molecule has 0 bridgehead atoms. The Hall–Kier alpha value is -2.67. The maximum absolute atomic E-state index is 14.1. The lowest BCUT2D eigenvalue weighted by Crippen LogP contribution is -2.46. The average Bonchev–Trinajstić information content (AvgIpc) is 3.22. The van der Waals surface area contributed by atoms with Gasteiger partial charge in [0, 0.05) is 37.0 Å². The van der Waals surface area contributed by atoms with Gasteiger partial charge in [-0.2, -0.15) is 17.5 Å². The summed E-state index contributed by atoms with van der Waals surface area (Å²) < 4.78 is 80.8. The predicted octanol–water partition coefficient (Wildman–Crippen LogP) is 4.30. The van der Waals surface area contributed by atoms with Crippen molar-refractivity contribution in [2.75, 3.05) is 40.3 Å². The van der Waals surface area contributed by atoms with Crippen LogP contribution in [-0.4, -0.2) is 76.1 Å². The van der Waals surface area contributed by atoms with E-state index in [1.165, 1.54) is 40.7 Å². The SMILES string of the molecule is COC(=O)[C@H](CC(C)C)NC(c1ccc2c(c1)oc1ccc(S(=O)(=O)N3CCN(C)CC3)cc12)C(F)(F)F. The molecule has 2 heterocycles. The number of piperazine rings is 1. The van der Waals surface area contributed by atoms with Crippen molar-refractivity contribution in [3.05, 3.63) is 42.0 Å². The molecule has 1 saturated heterocycles. The number of rotatable bonds is 8. The van der Waals surface area contributed by atoms with Gasteiger partial charge in [0.1, 0.15) is 23.2 Å². The summed E-state index contributed by atoms with van der Waals surface area (Å²) in [5, 5.41) is 3.41. The molecule has 2 aromatic carbocycles. The van der Waals surface area contributed by atoms with E-state index in [9.17, 15) is 26.4 Å². The van der Waals surface area contributed by atoms with E-state index in [0.29, 0.717) is 42.5 Å². The van der Waals surface area contributed by atoms with Crippen molar-refractivity contribution in [3.8, 4) is 0 Å². The number of nitrogens with zero attached hydrogens (tertiary/aromatic N) is 2. The summed E-state index contributed by atoms with van der Waals surface area (Å²) in [5.41, 5.74) is 0.409. The first-order valence-corrected chi connectivity index (χ1v) is 13.8. The molecule has 1 aliphatic rings. The highest BCUT2D eigenvalue weighted by atomic mass is 32.2. The minimum Gasteiger partial charge on any atom is -0.468 e. The summed E-state index contributed by atoms with van der Waals surface area (Å²) in [6, 6.07) is 5.26. The Kier molecular flexibility index (Phi) is 8.08. The smallest absolute Gasteiger partial charge is 0.407 e. The second-order valence-electron chi connectivity index (χ2n) is 10.1. The Balaban J connectivity index is 1.70. The zero-order chi connectivity index (χ0) is 27.8. The van der Waals surface area contributed by atoms with Crippen LogP contribution in [0.3, 0.4) is 0 Å². The van der Waals surface area contributed by atoms with Gasteiger partial charge in [0.25, 0.3) is 0 Å². The number of carbonyl (C=O) groups excluding carboxylic acids is 1. The maximum Gasteiger partial charge on any atom is 0.407 e. The lowest BCUT2D eigenvalue weighted by molar-refractivity contribution is -0.164. The van der Waals surface area contributed by atoms with Crippen molar-refractivity contribution in [2.45, 2.75) is 43.4 Å². The molecule has 8 nitrogen and oxygen atoms in total. The summed E-state index contributed by atoms with van der Waals surface area (Å²) in [5.74, 6) is -0.818. The number of halogens is 3. The molecule has 1 fully saturated rings. The quantitative estimate of drug-likeness (QED) is 0.415. The number of likely N-dealkylation sites (N-methyl/N-ethyl adjacent to an activating group) is 1. The molecule has 0 aliphatic carbocycles. The normalized spacial score (nSPS) is 17.8. The highest BCUT2D eigenvalue weighted by Crippen LogP contribution is 2.38. The van der Waals surface area contributed by atoms with Crippen LogP contribution in [0.1, 0.15) is 31.9 Å². The van der Waals surface area contributed by atoms with Gasteiger partial charge in [-0.25, -0.2) is 8.42 Å². The Morgan fingerprint density at radius 2 is 1.74 bits per heavy atom. The summed E-state index contributed by atoms with van der Waals surface area (Å²) in [6.45, 7) is 5.61. The van der Waals surface area contributed by atoms with E-state index in [1.54, 1.807) is 13.8 Å². The Morgan fingerprint density at radius 3 is 2.34 bits per heavy atom. The summed E-state index contributed by atoms with van der Waals surface area (Å²) >= 11 is 0. The number of sulfonamides is 1. The van der Waals surface area contributed by atoms with E-state index >= 15 is 0 Å². The van der Waals surface area contributed by atoms with Crippen LogP contribution < -0.4 is 5.32 Å². The van der Waals surface area contributed by atoms with Crippen LogP contribution in [0.4, 0.5) is 13.2 Å². The van der Waals surface area contributed by atoms with Gasteiger partial charge in [-0.05, 0) is 49.2 Å². The molecule has 12 heteroatoms. The molecule has 2 atom stereocenters. The van der Waals surface area contributed by atoms with E-state index in [4.69, 9.17) is 9.15 Å². The van der Waals surface area contributed by atoms with Crippen molar-refractivity contribution in [3.63, 3.8) is 0 Å². The van der Waals surface area contributed by atoms with E-state index in [1.807, 2.05) is 7.05 Å². The van der Waals surface area contributed by atoms with Crippen LogP contribution in [0.5, 0.6) is 0 Å². The second-order valence-corrected chi connectivity index (χ2v) is 12.0. The van der Waals surface area contributed by atoms with Crippen molar-refractivity contribution >= 4 is 37.9 Å². The molecule has 3 aromatic rings. The first-order valence-electron chi connectivity index (χ1n) is 12.4. The number of ether oxygens (including phenoxy) is 1. The van der Waals surface area contributed by atoms with Gasteiger partial charge >= 0.3 is 12.1 Å². The number of alkyl halides is 3. The average molecular weight is 556 g/mol. The van der Waals surface area contributed by atoms with Crippen molar-refractivity contribution in [2.24, 2.45) is 5.92 Å². The standard InChI is InChI=1S/C26H32F3N3O5S/c1-16(2)13-21(25(33)36-4)30-24(26(27,28)29)17-5-7-19-20-15-18(6-8-22(20)37-23(19)14-17)38(34,35)32-11-9-31(3)10-12-32/h5-8,14-16,21,24,30H,9-13H2,1-4H3/t21-,24?/m0/s1. The Morgan fingerprint density at radius 1 is 1.05 bits per heavy atom. The topological polar surface area (TPSA) is 92.1 Å². The lowest BCUT2D eigenvalue weighted by atomic mass is 9.99. The van der Waals surface area contributed by atoms with Crippen LogP contribution in [0.25, 0.3) is 21.9 Å². The van der Waals surface area contributed by atoms with Gasteiger partial charge < -0.3 is 14.1 Å². The Bertz CT molecular complexity index is 1410. The molecule has 208 valence electrons. The predicted molar refractivity (Wildman–Crippen MR) is 137 cm³/mol. The second kappa shape index (κ2) is 10.8. The van der Waals surface area contributed by atoms with E-state index in [0.717, 1.165) is 7.11 Å². The fourth-order valence-corrected chi connectivity index (χ4v) is 6.17. The molecular formula is C26H32F3N3O5S. The van der Waals surface area contributed by atoms with Crippen molar-refractivity contribution in [1.82, 2.24) is 14.5 Å². The number of carbonyl (C=O) groups is 1. The highest BCUT2D eigenvalue weighted by molar-refractivity contribution is 7.89. The van der Waals surface area contributed by atoms with Crippen LogP contribution in [-0.2, 0) is 19.6 Å². The first-order chi connectivity index (χ1) is 17.8. The molecule has 0 radical (unpaired) electrons. The lowest BCUT2D eigenvalue weighted by Gasteiger charge is -2.31. The fraction of sp³-hybridized carbons (Fsp3) is 0.500. The van der Waals surface area contributed by atoms with Crippen LogP contribution in [0, 0.1) is 5.92 Å². The number of nitrogens with one attached hydrogen (secondary N) is 1. The van der Waals surface area contributed by atoms with E-state index in [2.05, 4.69) is 10.2 Å². The number of fused-ring (bicyclic) bond motifs is 3. The van der Waals surface area contributed by atoms with Gasteiger partial charge in [0.05, 0.1) is 12.0 Å². The summed E-state index contributed by atoms with van der Waals surface area (Å²) in [6.07, 6.45) is -4.54. The molecule has 1 N–H and O–H groups in total. The minimum atomic E-state index is -4.70. The van der Waals surface area contributed by atoms with Crippen LogP contribution in [0.15, 0.2) is 45.7 Å². The number of hydrogen-bond acceptors (Lipinski definition) is 7. The zero-order valence-corrected chi connectivity index (χ0v) is 22.5. The largest absolute Gasteiger partial charge is 0.468 e. The van der Waals surface area contributed by atoms with Crippen LogP contribution >= 0.6 is 0 Å². The van der Waals surface area contributed by atoms with Crippen molar-refractivity contribution in [1.29, 1.82) is 0 Å². The van der Waals surface area contributed by atoms with Gasteiger partial charge in [0.15, 0.2) is 0 Å². The third-order valence-electron chi connectivity index (χ3n) is 6.79. The molecule has 1 aliphatic heterocycles. The molecule has 38 heavy (non-hydrogen) atoms. The summed E-state index contributed by atoms with van der Waals surface area (Å²) in [4.78, 5) is 14.3. The van der Waals surface area contributed by atoms with E-state index < -0.39 is 34.3 Å². The Labute approximate surface area is 219 Å². The first kappa shape index (κ1) is 28.3.